The number of anilines is 1. The topological polar surface area (TPSA) is 88.9 Å². The zero-order valence-corrected chi connectivity index (χ0v) is 13.7. The number of amides is 2. The van der Waals surface area contributed by atoms with Gasteiger partial charge < -0.3 is 10.6 Å². The molecule has 2 N–H and O–H groups in total. The first-order valence-electron chi connectivity index (χ1n) is 7.87. The van der Waals surface area contributed by atoms with Crippen molar-refractivity contribution in [2.45, 2.75) is 6.42 Å². The number of carbonyl (C=O) groups is 2. The zero-order valence-electron chi connectivity index (χ0n) is 13.7. The van der Waals surface area contributed by atoms with Crippen LogP contribution in [-0.2, 0) is 16.0 Å². The van der Waals surface area contributed by atoms with Crippen molar-refractivity contribution >= 4 is 17.5 Å². The summed E-state index contributed by atoms with van der Waals surface area (Å²) in [5.74, 6) is -1.26. The second-order valence-corrected chi connectivity index (χ2v) is 5.49. The summed E-state index contributed by atoms with van der Waals surface area (Å²) >= 11 is 0. The number of hydrogen-bond acceptors (Lipinski definition) is 4. The molecule has 0 saturated heterocycles. The Labute approximate surface area is 148 Å². The van der Waals surface area contributed by atoms with Crippen molar-refractivity contribution in [2.75, 3.05) is 11.9 Å². The molecule has 3 rings (SSSR count). The fourth-order valence-electron chi connectivity index (χ4n) is 2.33. The van der Waals surface area contributed by atoms with Gasteiger partial charge in [0.15, 0.2) is 5.82 Å². The van der Waals surface area contributed by atoms with E-state index in [-0.39, 0.29) is 30.2 Å². The van der Waals surface area contributed by atoms with E-state index in [9.17, 15) is 14.0 Å². The molecule has 0 aliphatic carbocycles. The molecule has 3 aromatic rings. The van der Waals surface area contributed by atoms with Crippen molar-refractivity contribution in [2.24, 2.45) is 0 Å². The van der Waals surface area contributed by atoms with Crippen LogP contribution < -0.4 is 10.6 Å². The Bertz CT molecular complexity index is 897. The Hall–Kier alpha value is -3.55. The van der Waals surface area contributed by atoms with Gasteiger partial charge in [0.25, 0.3) is 0 Å². The van der Waals surface area contributed by atoms with Gasteiger partial charge in [-0.25, -0.2) is 14.1 Å². The minimum Gasteiger partial charge on any atom is -0.347 e. The highest BCUT2D eigenvalue weighted by atomic mass is 19.1. The molecule has 132 valence electrons. The quantitative estimate of drug-likeness (QED) is 0.706. The summed E-state index contributed by atoms with van der Waals surface area (Å²) in [6, 6.07) is 13.4. The number of halogens is 1. The van der Waals surface area contributed by atoms with E-state index >= 15 is 0 Å². The van der Waals surface area contributed by atoms with Crippen LogP contribution in [0.4, 0.5) is 10.1 Å². The summed E-state index contributed by atoms with van der Waals surface area (Å²) in [5, 5.41) is 8.92. The standard InChI is InChI=1S/C18H16FN5O2/c19-15-9-14(6-7-16(15)24-12-20-11-22-24)23-18(26)10-21-17(25)8-13-4-2-1-3-5-13/h1-7,9,11-12H,8,10H2,(H,21,25)(H,23,26). The first kappa shape index (κ1) is 17.3. The van der Waals surface area contributed by atoms with Crippen molar-refractivity contribution in [3.63, 3.8) is 0 Å². The van der Waals surface area contributed by atoms with E-state index in [2.05, 4.69) is 20.7 Å². The maximum atomic E-state index is 14.1. The highest BCUT2D eigenvalue weighted by Crippen LogP contribution is 2.17. The maximum Gasteiger partial charge on any atom is 0.243 e. The predicted octanol–water partition coefficient (Wildman–Crippen LogP) is 1.70. The molecule has 2 amide bonds. The van der Waals surface area contributed by atoms with Gasteiger partial charge in [0.2, 0.25) is 11.8 Å². The SMILES string of the molecule is O=C(Cc1ccccc1)NCC(=O)Nc1ccc(-n2cncn2)c(F)c1. The second kappa shape index (κ2) is 8.02. The number of rotatable bonds is 6. The molecule has 0 aliphatic heterocycles. The molecule has 0 atom stereocenters. The third kappa shape index (κ3) is 4.50. The molecule has 0 radical (unpaired) electrons. The van der Waals surface area contributed by atoms with Crippen molar-refractivity contribution < 1.29 is 14.0 Å². The fraction of sp³-hybridized carbons (Fsp3) is 0.111. The molecule has 8 heteroatoms. The summed E-state index contributed by atoms with van der Waals surface area (Å²) in [6.45, 7) is -0.196. The van der Waals surface area contributed by atoms with Crippen LogP contribution in [0, 0.1) is 5.82 Å². The van der Waals surface area contributed by atoms with Crippen LogP contribution in [0.25, 0.3) is 5.69 Å². The number of benzene rings is 2. The third-order valence-corrected chi connectivity index (χ3v) is 3.55. The van der Waals surface area contributed by atoms with Crippen LogP contribution in [0.5, 0.6) is 0 Å². The molecule has 0 saturated carbocycles. The van der Waals surface area contributed by atoms with Gasteiger partial charge in [-0.2, -0.15) is 5.10 Å². The van der Waals surface area contributed by atoms with Gasteiger partial charge in [-0.1, -0.05) is 30.3 Å². The summed E-state index contributed by atoms with van der Waals surface area (Å²) < 4.78 is 15.4. The Morgan fingerprint density at radius 2 is 1.88 bits per heavy atom. The maximum absolute atomic E-state index is 14.1. The molecule has 0 spiro atoms. The minimum absolute atomic E-state index is 0.190. The molecular formula is C18H16FN5O2. The average molecular weight is 353 g/mol. The van der Waals surface area contributed by atoms with Gasteiger partial charge in [0, 0.05) is 5.69 Å². The van der Waals surface area contributed by atoms with Crippen LogP contribution in [-0.4, -0.2) is 33.1 Å². The highest BCUT2D eigenvalue weighted by molar-refractivity contribution is 5.94. The van der Waals surface area contributed by atoms with Crippen molar-refractivity contribution in [1.29, 1.82) is 0 Å². The highest BCUT2D eigenvalue weighted by Gasteiger charge is 2.10. The van der Waals surface area contributed by atoms with Gasteiger partial charge in [0.1, 0.15) is 18.3 Å². The van der Waals surface area contributed by atoms with Crippen LogP contribution in [0.3, 0.4) is 0 Å². The zero-order chi connectivity index (χ0) is 18.4. The Kier molecular flexibility index (Phi) is 5.33. The summed E-state index contributed by atoms with van der Waals surface area (Å²) in [4.78, 5) is 27.5. The molecule has 0 fully saturated rings. The van der Waals surface area contributed by atoms with Gasteiger partial charge in [-0.3, -0.25) is 9.59 Å². The summed E-state index contributed by atoms with van der Waals surface area (Å²) in [6.07, 6.45) is 2.86. The van der Waals surface area contributed by atoms with Crippen molar-refractivity contribution in [3.05, 3.63) is 72.6 Å². The van der Waals surface area contributed by atoms with E-state index in [1.807, 2.05) is 30.3 Å². The lowest BCUT2D eigenvalue weighted by molar-refractivity contribution is -0.123. The van der Waals surface area contributed by atoms with E-state index < -0.39 is 11.7 Å². The van der Waals surface area contributed by atoms with E-state index in [0.717, 1.165) is 5.56 Å². The fourth-order valence-corrected chi connectivity index (χ4v) is 2.33. The first-order chi connectivity index (χ1) is 12.6. The number of aromatic nitrogens is 3. The smallest absolute Gasteiger partial charge is 0.243 e. The van der Waals surface area contributed by atoms with Crippen LogP contribution in [0.15, 0.2) is 61.2 Å². The molecular weight excluding hydrogens is 337 g/mol. The summed E-state index contributed by atoms with van der Waals surface area (Å²) in [5.41, 5.74) is 1.36. The largest absolute Gasteiger partial charge is 0.347 e. The van der Waals surface area contributed by atoms with E-state index in [1.165, 1.54) is 29.5 Å². The molecule has 0 aliphatic rings. The molecule has 2 aromatic carbocycles. The number of nitrogens with one attached hydrogen (secondary N) is 2. The van der Waals surface area contributed by atoms with Gasteiger partial charge in [-0.15, -0.1) is 0 Å². The normalized spacial score (nSPS) is 10.3. The number of nitrogens with zero attached hydrogens (tertiary/aromatic N) is 3. The van der Waals surface area contributed by atoms with Crippen LogP contribution in [0.2, 0.25) is 0 Å². The van der Waals surface area contributed by atoms with E-state index in [0.29, 0.717) is 0 Å². The second-order valence-electron chi connectivity index (χ2n) is 5.49. The monoisotopic (exact) mass is 353 g/mol. The number of hydrogen-bond donors (Lipinski definition) is 2. The summed E-state index contributed by atoms with van der Waals surface area (Å²) in [7, 11) is 0. The van der Waals surface area contributed by atoms with E-state index in [4.69, 9.17) is 0 Å². The minimum atomic E-state index is -0.554. The van der Waals surface area contributed by atoms with Gasteiger partial charge in [-0.05, 0) is 23.8 Å². The Morgan fingerprint density at radius 3 is 2.58 bits per heavy atom. The number of carbonyl (C=O) groups excluding carboxylic acids is 2. The van der Waals surface area contributed by atoms with E-state index in [1.54, 1.807) is 6.07 Å². The van der Waals surface area contributed by atoms with Crippen LogP contribution in [0.1, 0.15) is 5.56 Å². The van der Waals surface area contributed by atoms with Gasteiger partial charge >= 0.3 is 0 Å². The molecule has 0 bridgehead atoms. The lowest BCUT2D eigenvalue weighted by Gasteiger charge is -2.09. The average Bonchev–Trinajstić information content (AvgIpc) is 3.15. The van der Waals surface area contributed by atoms with Crippen molar-refractivity contribution in [1.82, 2.24) is 20.1 Å². The predicted molar refractivity (Wildman–Crippen MR) is 93.1 cm³/mol. The molecule has 0 unspecified atom stereocenters. The Balaban J connectivity index is 1.52. The Morgan fingerprint density at radius 1 is 1.08 bits per heavy atom. The lowest BCUT2D eigenvalue weighted by Crippen LogP contribution is -2.33. The van der Waals surface area contributed by atoms with Gasteiger partial charge in [0.05, 0.1) is 13.0 Å². The molecule has 1 heterocycles. The molecule has 1 aromatic heterocycles. The first-order valence-corrected chi connectivity index (χ1v) is 7.87. The van der Waals surface area contributed by atoms with Crippen LogP contribution >= 0.6 is 0 Å². The molecule has 26 heavy (non-hydrogen) atoms. The molecule has 7 nitrogen and oxygen atoms in total. The lowest BCUT2D eigenvalue weighted by atomic mass is 10.1. The van der Waals surface area contributed by atoms with Crippen molar-refractivity contribution in [3.8, 4) is 5.69 Å². The third-order valence-electron chi connectivity index (χ3n) is 3.55.